The Hall–Kier alpha value is -1.10. The molecule has 2 unspecified atom stereocenters. The van der Waals surface area contributed by atoms with Crippen LogP contribution >= 0.6 is 0 Å². The summed E-state index contributed by atoms with van der Waals surface area (Å²) in [4.78, 5) is 25.2. The van der Waals surface area contributed by atoms with Gasteiger partial charge in [-0.25, -0.2) is 0 Å². The molecular weight excluding hydrogens is 232 g/mol. The predicted molar refractivity (Wildman–Crippen MR) is 66.8 cm³/mol. The van der Waals surface area contributed by atoms with E-state index in [0.29, 0.717) is 32.0 Å². The third-order valence-corrected chi connectivity index (χ3v) is 4.36. The average molecular weight is 254 g/mol. The van der Waals surface area contributed by atoms with Crippen LogP contribution in [0.3, 0.4) is 0 Å². The van der Waals surface area contributed by atoms with Gasteiger partial charge in [-0.15, -0.1) is 0 Å². The van der Waals surface area contributed by atoms with Crippen molar-refractivity contribution in [3.05, 3.63) is 0 Å². The van der Waals surface area contributed by atoms with E-state index in [9.17, 15) is 9.59 Å². The molecule has 0 aromatic heterocycles. The first kappa shape index (κ1) is 13.3. The van der Waals surface area contributed by atoms with Crippen molar-refractivity contribution in [1.82, 2.24) is 4.90 Å². The Bertz CT molecular complexity index is 332. The maximum atomic E-state index is 12.4. The molecule has 5 heteroatoms. The summed E-state index contributed by atoms with van der Waals surface area (Å²) >= 11 is 0. The van der Waals surface area contributed by atoms with E-state index >= 15 is 0 Å². The zero-order valence-electron chi connectivity index (χ0n) is 10.7. The summed E-state index contributed by atoms with van der Waals surface area (Å²) in [5.41, 5.74) is 5.70. The van der Waals surface area contributed by atoms with Gasteiger partial charge in [-0.3, -0.25) is 9.59 Å². The standard InChI is InChI=1S/C13H22N2O3/c14-7-9-3-1-5-11(9)12(16)15-6-2-4-10(8-15)13(17)18/h9-11H,1-8,14H2,(H,17,18)/t9?,10-,11?/m1/s1. The number of piperidine rings is 1. The van der Waals surface area contributed by atoms with Crippen molar-refractivity contribution in [1.29, 1.82) is 0 Å². The Morgan fingerprint density at radius 3 is 2.67 bits per heavy atom. The van der Waals surface area contributed by atoms with E-state index in [1.54, 1.807) is 4.90 Å². The summed E-state index contributed by atoms with van der Waals surface area (Å²) in [5, 5.41) is 9.04. The van der Waals surface area contributed by atoms with E-state index in [1.165, 1.54) is 0 Å². The Balaban J connectivity index is 1.98. The van der Waals surface area contributed by atoms with Gasteiger partial charge in [0.1, 0.15) is 0 Å². The van der Waals surface area contributed by atoms with Crippen LogP contribution < -0.4 is 5.73 Å². The third-order valence-electron chi connectivity index (χ3n) is 4.36. The number of hydrogen-bond acceptors (Lipinski definition) is 3. The molecule has 1 saturated heterocycles. The van der Waals surface area contributed by atoms with E-state index in [-0.39, 0.29) is 17.7 Å². The molecule has 2 aliphatic rings. The average Bonchev–Trinajstić information content (AvgIpc) is 2.86. The molecule has 0 radical (unpaired) electrons. The van der Waals surface area contributed by atoms with Gasteiger partial charge >= 0.3 is 5.97 Å². The van der Waals surface area contributed by atoms with Crippen LogP contribution in [0, 0.1) is 17.8 Å². The van der Waals surface area contributed by atoms with Gasteiger partial charge in [0.25, 0.3) is 0 Å². The molecule has 5 nitrogen and oxygen atoms in total. The number of likely N-dealkylation sites (tertiary alicyclic amines) is 1. The van der Waals surface area contributed by atoms with Crippen LogP contribution in [-0.2, 0) is 9.59 Å². The number of hydrogen-bond donors (Lipinski definition) is 2. The normalized spacial score (nSPS) is 32.5. The van der Waals surface area contributed by atoms with Gasteiger partial charge in [0.15, 0.2) is 0 Å². The molecule has 1 aliphatic heterocycles. The second kappa shape index (κ2) is 5.69. The molecule has 1 heterocycles. The van der Waals surface area contributed by atoms with Crippen molar-refractivity contribution in [2.24, 2.45) is 23.5 Å². The van der Waals surface area contributed by atoms with Crippen LogP contribution in [0.1, 0.15) is 32.1 Å². The lowest BCUT2D eigenvalue weighted by Crippen LogP contribution is -2.46. The number of carboxylic acid groups (broad SMARTS) is 1. The largest absolute Gasteiger partial charge is 0.481 e. The molecule has 2 fully saturated rings. The van der Waals surface area contributed by atoms with Crippen molar-refractivity contribution in [2.75, 3.05) is 19.6 Å². The first-order chi connectivity index (χ1) is 8.63. The van der Waals surface area contributed by atoms with E-state index < -0.39 is 5.97 Å². The molecule has 1 saturated carbocycles. The fourth-order valence-corrected chi connectivity index (χ4v) is 3.26. The van der Waals surface area contributed by atoms with Gasteiger partial charge in [0.05, 0.1) is 5.92 Å². The number of nitrogens with two attached hydrogens (primary N) is 1. The van der Waals surface area contributed by atoms with Crippen LogP contribution in [-0.4, -0.2) is 41.5 Å². The van der Waals surface area contributed by atoms with Gasteiger partial charge < -0.3 is 15.7 Å². The first-order valence-corrected chi connectivity index (χ1v) is 6.85. The van der Waals surface area contributed by atoms with E-state index in [1.807, 2.05) is 0 Å². The van der Waals surface area contributed by atoms with Crippen molar-refractivity contribution < 1.29 is 14.7 Å². The number of amides is 1. The van der Waals surface area contributed by atoms with Crippen LogP contribution in [0.4, 0.5) is 0 Å². The quantitative estimate of drug-likeness (QED) is 0.776. The number of aliphatic carboxylic acids is 1. The van der Waals surface area contributed by atoms with Gasteiger partial charge in [-0.2, -0.15) is 0 Å². The molecule has 102 valence electrons. The maximum absolute atomic E-state index is 12.4. The second-order valence-electron chi connectivity index (χ2n) is 5.49. The third kappa shape index (κ3) is 2.66. The van der Waals surface area contributed by atoms with E-state index in [4.69, 9.17) is 10.8 Å². The monoisotopic (exact) mass is 254 g/mol. The Labute approximate surface area is 107 Å². The van der Waals surface area contributed by atoms with Gasteiger partial charge in [-0.05, 0) is 38.1 Å². The van der Waals surface area contributed by atoms with E-state index in [2.05, 4.69) is 0 Å². The highest BCUT2D eigenvalue weighted by Gasteiger charge is 2.37. The maximum Gasteiger partial charge on any atom is 0.308 e. The number of rotatable bonds is 3. The molecule has 18 heavy (non-hydrogen) atoms. The smallest absolute Gasteiger partial charge is 0.308 e. The minimum atomic E-state index is -0.783. The lowest BCUT2D eigenvalue weighted by molar-refractivity contribution is -0.147. The fraction of sp³-hybridized carbons (Fsp3) is 0.846. The summed E-state index contributed by atoms with van der Waals surface area (Å²) in [6.07, 6.45) is 4.49. The van der Waals surface area contributed by atoms with Crippen LogP contribution in [0.2, 0.25) is 0 Å². The Morgan fingerprint density at radius 1 is 1.22 bits per heavy atom. The molecule has 0 spiro atoms. The summed E-state index contributed by atoms with van der Waals surface area (Å²) in [7, 11) is 0. The van der Waals surface area contributed by atoms with Crippen LogP contribution in [0.25, 0.3) is 0 Å². The summed E-state index contributed by atoms with van der Waals surface area (Å²) < 4.78 is 0. The topological polar surface area (TPSA) is 83.6 Å². The lowest BCUT2D eigenvalue weighted by atomic mass is 9.92. The van der Waals surface area contributed by atoms with Crippen molar-refractivity contribution in [3.63, 3.8) is 0 Å². The molecule has 2 rings (SSSR count). The summed E-state index contributed by atoms with van der Waals surface area (Å²) in [6, 6.07) is 0. The summed E-state index contributed by atoms with van der Waals surface area (Å²) in [5.74, 6) is -0.714. The molecular formula is C13H22N2O3. The van der Waals surface area contributed by atoms with E-state index in [0.717, 1.165) is 25.7 Å². The minimum Gasteiger partial charge on any atom is -0.481 e. The number of carbonyl (C=O) groups excluding carboxylic acids is 1. The summed E-state index contributed by atoms with van der Waals surface area (Å²) in [6.45, 7) is 1.64. The van der Waals surface area contributed by atoms with Crippen molar-refractivity contribution in [3.8, 4) is 0 Å². The molecule has 0 aromatic rings. The molecule has 0 bridgehead atoms. The van der Waals surface area contributed by atoms with Crippen molar-refractivity contribution >= 4 is 11.9 Å². The molecule has 1 amide bonds. The Kier molecular flexibility index (Phi) is 4.22. The molecule has 0 aromatic carbocycles. The zero-order chi connectivity index (χ0) is 13.1. The molecule has 3 N–H and O–H groups in total. The number of nitrogens with zero attached hydrogens (tertiary/aromatic N) is 1. The predicted octanol–water partition coefficient (Wildman–Crippen LogP) is 0.685. The van der Waals surface area contributed by atoms with Gasteiger partial charge in [0.2, 0.25) is 5.91 Å². The molecule has 1 aliphatic carbocycles. The second-order valence-corrected chi connectivity index (χ2v) is 5.49. The van der Waals surface area contributed by atoms with Crippen molar-refractivity contribution in [2.45, 2.75) is 32.1 Å². The van der Waals surface area contributed by atoms with Crippen LogP contribution in [0.5, 0.6) is 0 Å². The SMILES string of the molecule is NCC1CCCC1C(=O)N1CCC[C@@H](C(=O)O)C1. The number of carbonyl (C=O) groups is 2. The lowest BCUT2D eigenvalue weighted by Gasteiger charge is -2.33. The first-order valence-electron chi connectivity index (χ1n) is 6.85. The molecule has 3 atom stereocenters. The Morgan fingerprint density at radius 2 is 2.00 bits per heavy atom. The minimum absolute atomic E-state index is 0.0301. The highest BCUT2D eigenvalue weighted by atomic mass is 16.4. The van der Waals surface area contributed by atoms with Gasteiger partial charge in [0, 0.05) is 19.0 Å². The highest BCUT2D eigenvalue weighted by molar-refractivity contribution is 5.80. The highest BCUT2D eigenvalue weighted by Crippen LogP contribution is 2.33. The van der Waals surface area contributed by atoms with Crippen LogP contribution in [0.15, 0.2) is 0 Å². The number of carboxylic acids is 1. The van der Waals surface area contributed by atoms with Gasteiger partial charge in [-0.1, -0.05) is 6.42 Å². The fourth-order valence-electron chi connectivity index (χ4n) is 3.26. The zero-order valence-corrected chi connectivity index (χ0v) is 10.7.